The highest BCUT2D eigenvalue weighted by molar-refractivity contribution is 5.87. The van der Waals surface area contributed by atoms with Crippen LogP contribution in [0.1, 0.15) is 24.4 Å². The summed E-state index contributed by atoms with van der Waals surface area (Å²) in [7, 11) is 0. The summed E-state index contributed by atoms with van der Waals surface area (Å²) in [6.45, 7) is 2.29. The Kier molecular flexibility index (Phi) is 4.23. The molecule has 2 aromatic rings. The summed E-state index contributed by atoms with van der Waals surface area (Å²) in [5.74, 6) is 4.73. The number of aliphatic hydroxyl groups excluding tert-OH is 2. The summed E-state index contributed by atoms with van der Waals surface area (Å²) >= 11 is 0. The highest BCUT2D eigenvalue weighted by atomic mass is 19.1. The molecule has 0 amide bonds. The lowest BCUT2D eigenvalue weighted by Gasteiger charge is -2.24. The van der Waals surface area contributed by atoms with Gasteiger partial charge in [-0.25, -0.2) is 9.18 Å². The van der Waals surface area contributed by atoms with Crippen LogP contribution < -0.4 is 22.0 Å². The second-order valence-electron chi connectivity index (χ2n) is 7.58. The predicted octanol–water partition coefficient (Wildman–Crippen LogP) is -0.304. The van der Waals surface area contributed by atoms with Gasteiger partial charge in [-0.1, -0.05) is 0 Å². The van der Waals surface area contributed by atoms with Crippen LogP contribution in [0.5, 0.6) is 0 Å². The number of anilines is 1. The molecular weight excluding hydrogens is 355 g/mol. The molecule has 2 aliphatic rings. The Morgan fingerprint density at radius 1 is 1.19 bits per heavy atom. The van der Waals surface area contributed by atoms with Gasteiger partial charge < -0.3 is 21.0 Å². The standard InChI is InChI=1S/C18H23FN4O4/c1-9-15-13(17(26)23(20)18(27)22(15)12-2-3-12)4-14(19)16(9)21-5-10(7-24)11(6-21)8-25/h4,10-12,24-25H,2-3,5-8,20H2,1H3. The Hall–Kier alpha value is -2.39. The number of hydrogen-bond donors (Lipinski definition) is 3. The Balaban J connectivity index is 1.96. The van der Waals surface area contributed by atoms with Crippen LogP contribution in [0.2, 0.25) is 0 Å². The quantitative estimate of drug-likeness (QED) is 0.630. The number of nitrogen functional groups attached to an aromatic ring is 1. The fourth-order valence-corrected chi connectivity index (χ4v) is 4.25. The molecule has 146 valence electrons. The zero-order valence-corrected chi connectivity index (χ0v) is 15.1. The summed E-state index contributed by atoms with van der Waals surface area (Å²) in [6, 6.07) is 1.10. The zero-order valence-electron chi connectivity index (χ0n) is 15.1. The number of aliphatic hydroxyl groups is 2. The van der Waals surface area contributed by atoms with Crippen LogP contribution in [0.25, 0.3) is 10.9 Å². The molecular formula is C18H23FN4O4. The molecule has 0 spiro atoms. The maximum Gasteiger partial charge on any atom is 0.350 e. The van der Waals surface area contributed by atoms with Crippen LogP contribution in [-0.2, 0) is 0 Å². The number of aryl methyl sites for hydroxylation is 1. The number of fused-ring (bicyclic) bond motifs is 1. The van der Waals surface area contributed by atoms with E-state index in [1.54, 1.807) is 11.8 Å². The number of hydrogen-bond acceptors (Lipinski definition) is 6. The Bertz CT molecular complexity index is 1010. The van der Waals surface area contributed by atoms with E-state index in [9.17, 15) is 19.8 Å². The average Bonchev–Trinajstić information content (AvgIpc) is 3.40. The van der Waals surface area contributed by atoms with Crippen LogP contribution in [-0.4, -0.2) is 45.8 Å². The van der Waals surface area contributed by atoms with Crippen molar-refractivity contribution in [3.8, 4) is 0 Å². The third-order valence-electron chi connectivity index (χ3n) is 5.84. The van der Waals surface area contributed by atoms with Gasteiger partial charge in [0.15, 0.2) is 0 Å². The number of rotatable bonds is 4. The first kappa shape index (κ1) is 18.0. The molecule has 1 aromatic heterocycles. The van der Waals surface area contributed by atoms with E-state index in [4.69, 9.17) is 5.84 Å². The molecule has 9 heteroatoms. The molecule has 8 nitrogen and oxygen atoms in total. The number of benzene rings is 1. The second-order valence-corrected chi connectivity index (χ2v) is 7.58. The van der Waals surface area contributed by atoms with Crippen molar-refractivity contribution in [1.82, 2.24) is 9.24 Å². The van der Waals surface area contributed by atoms with E-state index in [0.29, 0.717) is 34.5 Å². The summed E-state index contributed by atoms with van der Waals surface area (Å²) in [4.78, 5) is 26.8. The number of nitrogens with zero attached hydrogens (tertiary/aromatic N) is 3. The predicted molar refractivity (Wildman–Crippen MR) is 98.9 cm³/mol. The van der Waals surface area contributed by atoms with E-state index in [-0.39, 0.29) is 36.5 Å². The number of nitrogens with two attached hydrogens (primary N) is 1. The van der Waals surface area contributed by atoms with Crippen molar-refractivity contribution in [2.45, 2.75) is 25.8 Å². The normalized spacial score (nSPS) is 22.7. The maximum atomic E-state index is 15.0. The van der Waals surface area contributed by atoms with Gasteiger partial charge in [0.25, 0.3) is 5.56 Å². The molecule has 2 fully saturated rings. The Labute approximate surface area is 154 Å². The summed E-state index contributed by atoms with van der Waals surface area (Å²) in [6.07, 6.45) is 1.62. The molecule has 4 N–H and O–H groups in total. The van der Waals surface area contributed by atoms with Crippen molar-refractivity contribution in [1.29, 1.82) is 0 Å². The lowest BCUT2D eigenvalue weighted by atomic mass is 9.98. The van der Waals surface area contributed by atoms with E-state index in [0.717, 1.165) is 18.9 Å². The van der Waals surface area contributed by atoms with E-state index in [1.165, 1.54) is 4.57 Å². The van der Waals surface area contributed by atoms with Crippen molar-refractivity contribution in [2.75, 3.05) is 37.0 Å². The third-order valence-corrected chi connectivity index (χ3v) is 5.84. The number of aromatic nitrogens is 2. The van der Waals surface area contributed by atoms with E-state index >= 15 is 4.39 Å². The Morgan fingerprint density at radius 3 is 2.30 bits per heavy atom. The topological polar surface area (TPSA) is 114 Å². The molecule has 0 radical (unpaired) electrons. The first-order valence-corrected chi connectivity index (χ1v) is 9.11. The fraction of sp³-hybridized carbons (Fsp3) is 0.556. The molecule has 1 aliphatic carbocycles. The molecule has 1 aromatic carbocycles. The molecule has 0 bridgehead atoms. The van der Waals surface area contributed by atoms with Gasteiger partial charge in [-0.3, -0.25) is 9.36 Å². The van der Waals surface area contributed by atoms with Crippen LogP contribution in [0.15, 0.2) is 15.7 Å². The largest absolute Gasteiger partial charge is 0.396 e. The molecule has 2 atom stereocenters. The maximum absolute atomic E-state index is 15.0. The van der Waals surface area contributed by atoms with Gasteiger partial charge in [-0.05, 0) is 25.8 Å². The Morgan fingerprint density at radius 2 is 1.78 bits per heavy atom. The molecule has 2 heterocycles. The lowest BCUT2D eigenvalue weighted by Crippen LogP contribution is -2.44. The molecule has 2 unspecified atom stereocenters. The average molecular weight is 378 g/mol. The van der Waals surface area contributed by atoms with Gasteiger partial charge in [0.05, 0.1) is 16.6 Å². The summed E-state index contributed by atoms with van der Waals surface area (Å²) < 4.78 is 17.1. The summed E-state index contributed by atoms with van der Waals surface area (Å²) in [5.41, 5.74) is -0.0951. The van der Waals surface area contributed by atoms with Crippen LogP contribution in [0.3, 0.4) is 0 Å². The third kappa shape index (κ3) is 2.64. The minimum absolute atomic E-state index is 0.0404. The minimum Gasteiger partial charge on any atom is -0.396 e. The highest BCUT2D eigenvalue weighted by Crippen LogP contribution is 2.39. The van der Waals surface area contributed by atoms with Crippen molar-refractivity contribution in [3.05, 3.63) is 38.3 Å². The molecule has 1 saturated heterocycles. The van der Waals surface area contributed by atoms with Crippen LogP contribution in [0, 0.1) is 24.6 Å². The number of halogens is 1. The van der Waals surface area contributed by atoms with Crippen molar-refractivity contribution >= 4 is 16.6 Å². The first-order valence-electron chi connectivity index (χ1n) is 9.11. The monoisotopic (exact) mass is 378 g/mol. The lowest BCUT2D eigenvalue weighted by molar-refractivity contribution is 0.152. The zero-order chi connectivity index (χ0) is 19.5. The van der Waals surface area contributed by atoms with Crippen molar-refractivity contribution in [2.24, 2.45) is 11.8 Å². The van der Waals surface area contributed by atoms with Gasteiger partial charge >= 0.3 is 5.69 Å². The highest BCUT2D eigenvalue weighted by Gasteiger charge is 2.35. The van der Waals surface area contributed by atoms with Crippen LogP contribution >= 0.6 is 0 Å². The SMILES string of the molecule is Cc1c(N2CC(CO)C(CO)C2)c(F)cc2c(=O)n(N)c(=O)n(C3CC3)c12. The molecule has 4 rings (SSSR count). The second kappa shape index (κ2) is 6.35. The molecule has 1 saturated carbocycles. The van der Waals surface area contributed by atoms with Crippen LogP contribution in [0.4, 0.5) is 10.1 Å². The van der Waals surface area contributed by atoms with E-state index in [1.807, 2.05) is 0 Å². The van der Waals surface area contributed by atoms with Crippen molar-refractivity contribution in [3.63, 3.8) is 0 Å². The van der Waals surface area contributed by atoms with Gasteiger partial charge in [-0.15, -0.1) is 0 Å². The molecule has 1 aliphatic heterocycles. The van der Waals surface area contributed by atoms with E-state index < -0.39 is 17.1 Å². The first-order chi connectivity index (χ1) is 12.9. The van der Waals surface area contributed by atoms with Gasteiger partial charge in [0, 0.05) is 49.7 Å². The van der Waals surface area contributed by atoms with Crippen molar-refractivity contribution < 1.29 is 14.6 Å². The summed E-state index contributed by atoms with van der Waals surface area (Å²) in [5, 5.41) is 19.2. The van der Waals surface area contributed by atoms with E-state index in [2.05, 4.69) is 0 Å². The van der Waals surface area contributed by atoms with Gasteiger partial charge in [-0.2, -0.15) is 4.68 Å². The van der Waals surface area contributed by atoms with Gasteiger partial charge in [0.2, 0.25) is 0 Å². The smallest absolute Gasteiger partial charge is 0.350 e. The minimum atomic E-state index is -0.719. The van der Waals surface area contributed by atoms with Gasteiger partial charge in [0.1, 0.15) is 5.82 Å². The molecule has 27 heavy (non-hydrogen) atoms. The fourth-order valence-electron chi connectivity index (χ4n) is 4.25.